The first-order chi connectivity index (χ1) is 17.1. The molecular weight excluding hydrogens is 463 g/mol. The number of alkyl halides is 3. The normalized spacial score (nSPS) is 31.6. The van der Waals surface area contributed by atoms with Crippen LogP contribution in [0.3, 0.4) is 0 Å². The number of benzene rings is 1. The lowest BCUT2D eigenvalue weighted by molar-refractivity contribution is -0.137. The molecule has 0 atom stereocenters. The monoisotopic (exact) mass is 501 g/mol. The van der Waals surface area contributed by atoms with Crippen molar-refractivity contribution in [3.63, 3.8) is 0 Å². The molecule has 1 aliphatic heterocycles. The van der Waals surface area contributed by atoms with Gasteiger partial charge < -0.3 is 4.90 Å². The Balaban J connectivity index is 1.28. The number of nitriles is 1. The van der Waals surface area contributed by atoms with Crippen LogP contribution in [0, 0.1) is 35.1 Å². The van der Waals surface area contributed by atoms with Crippen molar-refractivity contribution in [3.05, 3.63) is 29.8 Å². The Morgan fingerprint density at radius 2 is 1.58 bits per heavy atom. The quantitative estimate of drug-likeness (QED) is 0.250. The molecule has 1 saturated heterocycles. The summed E-state index contributed by atoms with van der Waals surface area (Å²) in [6.45, 7) is 7.30. The molecular formula is C28H38F3N5. The van der Waals surface area contributed by atoms with Crippen LogP contribution in [0.2, 0.25) is 0 Å². The Labute approximate surface area is 212 Å². The van der Waals surface area contributed by atoms with E-state index < -0.39 is 17.3 Å². The van der Waals surface area contributed by atoms with Gasteiger partial charge >= 0.3 is 6.18 Å². The van der Waals surface area contributed by atoms with Gasteiger partial charge in [-0.2, -0.15) is 18.4 Å². The lowest BCUT2D eigenvalue weighted by atomic mass is 9.54. The smallest absolute Gasteiger partial charge is 0.371 e. The Kier molecular flexibility index (Phi) is 6.97. The van der Waals surface area contributed by atoms with E-state index in [9.17, 15) is 18.4 Å². The van der Waals surface area contributed by atoms with E-state index in [1.54, 1.807) is 6.07 Å². The van der Waals surface area contributed by atoms with Crippen molar-refractivity contribution in [3.8, 4) is 6.19 Å². The minimum absolute atomic E-state index is 0.319. The maximum absolute atomic E-state index is 13.2. The van der Waals surface area contributed by atoms with Crippen molar-refractivity contribution in [1.29, 1.82) is 5.26 Å². The second-order valence-corrected chi connectivity index (χ2v) is 11.9. The molecule has 0 amide bonds. The van der Waals surface area contributed by atoms with Gasteiger partial charge in [0.2, 0.25) is 0 Å². The van der Waals surface area contributed by atoms with Crippen molar-refractivity contribution in [2.24, 2.45) is 28.7 Å². The summed E-state index contributed by atoms with van der Waals surface area (Å²) in [6, 6.07) is 5.97. The molecule has 1 aromatic rings. The minimum Gasteiger partial charge on any atom is -0.371 e. The summed E-state index contributed by atoms with van der Waals surface area (Å²) in [5, 5.41) is 12.5. The van der Waals surface area contributed by atoms with Gasteiger partial charge in [0.1, 0.15) is 5.84 Å². The Hall–Kier alpha value is -2.27. The summed E-state index contributed by atoms with van der Waals surface area (Å²) >= 11 is 0. The number of hydrogen-bond acceptors (Lipinski definition) is 4. The molecule has 1 heterocycles. The van der Waals surface area contributed by atoms with Gasteiger partial charge in [-0.25, -0.2) is 0 Å². The molecule has 8 heteroatoms. The zero-order chi connectivity index (χ0) is 25.5. The molecule has 4 aliphatic carbocycles. The van der Waals surface area contributed by atoms with Crippen molar-refractivity contribution < 1.29 is 13.2 Å². The summed E-state index contributed by atoms with van der Waals surface area (Å²) in [7, 11) is 0. The molecule has 196 valence electrons. The average Bonchev–Trinajstić information content (AvgIpc) is 2.79. The summed E-state index contributed by atoms with van der Waals surface area (Å²) in [5.41, 5.74) is -0.381. The fraction of sp³-hybridized carbons (Fsp3) is 0.714. The van der Waals surface area contributed by atoms with Crippen LogP contribution in [0.5, 0.6) is 0 Å². The predicted molar refractivity (Wildman–Crippen MR) is 136 cm³/mol. The van der Waals surface area contributed by atoms with E-state index in [0.29, 0.717) is 36.7 Å². The van der Waals surface area contributed by atoms with Gasteiger partial charge in [-0.15, -0.1) is 0 Å². The third kappa shape index (κ3) is 5.09. The third-order valence-electron chi connectivity index (χ3n) is 9.25. The standard InChI is InChI=1S/C28H38F3N5/c1-27(2,26(33-18-32)34-25-21-13-19-12-20(15-21)16-22(25)14-19)36-10-4-8-35(9-5-11-36)24-7-3-6-23(17-24)28(29,30)31/h3,6-7,17,19-22,25H,4-5,8-16H2,1-2H3,(H,33,34). The first kappa shape index (κ1) is 25.4. The van der Waals surface area contributed by atoms with Crippen molar-refractivity contribution in [2.45, 2.75) is 76.6 Å². The zero-order valence-electron chi connectivity index (χ0n) is 21.4. The molecule has 0 spiro atoms. The first-order valence-electron chi connectivity index (χ1n) is 13.6. The average molecular weight is 502 g/mol. The van der Waals surface area contributed by atoms with Gasteiger partial charge in [-0.1, -0.05) is 6.07 Å². The molecule has 1 N–H and O–H groups in total. The number of hydrogen-bond donors (Lipinski definition) is 1. The molecule has 0 radical (unpaired) electrons. The van der Waals surface area contributed by atoms with Crippen molar-refractivity contribution in [1.82, 2.24) is 10.2 Å². The lowest BCUT2D eigenvalue weighted by Gasteiger charge is -2.53. The number of aliphatic imine (C=N–C) groups is 1. The van der Waals surface area contributed by atoms with Gasteiger partial charge in [0.05, 0.1) is 17.1 Å². The molecule has 5 fully saturated rings. The van der Waals surface area contributed by atoms with Crippen LogP contribution < -0.4 is 10.2 Å². The van der Waals surface area contributed by atoms with Crippen molar-refractivity contribution >= 4 is 11.5 Å². The maximum atomic E-state index is 13.2. The summed E-state index contributed by atoms with van der Waals surface area (Å²) in [5.74, 6) is 3.85. The number of anilines is 1. The Morgan fingerprint density at radius 3 is 2.14 bits per heavy atom. The lowest BCUT2D eigenvalue weighted by Crippen LogP contribution is -2.57. The van der Waals surface area contributed by atoms with E-state index in [-0.39, 0.29) is 0 Å². The highest BCUT2D eigenvalue weighted by atomic mass is 19.4. The number of nitrogens with one attached hydrogen (secondary N) is 1. The summed E-state index contributed by atoms with van der Waals surface area (Å²) < 4.78 is 39.6. The van der Waals surface area contributed by atoms with Crippen LogP contribution >= 0.6 is 0 Å². The van der Waals surface area contributed by atoms with Crippen molar-refractivity contribution in [2.75, 3.05) is 31.1 Å². The van der Waals surface area contributed by atoms with E-state index in [1.807, 2.05) is 0 Å². The van der Waals surface area contributed by atoms with E-state index in [2.05, 4.69) is 35.2 Å². The van der Waals surface area contributed by atoms with Gasteiger partial charge in [0, 0.05) is 31.9 Å². The fourth-order valence-corrected chi connectivity index (χ4v) is 7.63. The predicted octanol–water partition coefficient (Wildman–Crippen LogP) is 5.68. The van der Waals surface area contributed by atoms with Crippen LogP contribution in [-0.2, 0) is 6.18 Å². The first-order valence-corrected chi connectivity index (χ1v) is 13.6. The number of amidine groups is 1. The highest BCUT2D eigenvalue weighted by Gasteiger charge is 2.49. The molecule has 0 unspecified atom stereocenters. The number of nitrogens with zero attached hydrogens (tertiary/aromatic N) is 4. The molecule has 5 nitrogen and oxygen atoms in total. The molecule has 0 aromatic heterocycles. The second kappa shape index (κ2) is 9.89. The Bertz CT molecular complexity index is 973. The van der Waals surface area contributed by atoms with E-state index in [1.165, 1.54) is 44.2 Å². The SMILES string of the molecule is CC(C)(C(=NC1C2CC3CC(C2)CC1C3)NC#N)N1CCCN(c2cccc(C(F)(F)F)c2)CCC1. The van der Waals surface area contributed by atoms with Crippen LogP contribution in [0.25, 0.3) is 0 Å². The second-order valence-electron chi connectivity index (χ2n) is 11.9. The van der Waals surface area contributed by atoms with E-state index in [4.69, 9.17) is 4.99 Å². The number of halogens is 3. The Morgan fingerprint density at radius 1 is 0.972 bits per heavy atom. The summed E-state index contributed by atoms with van der Waals surface area (Å²) in [4.78, 5) is 9.75. The number of rotatable bonds is 4. The van der Waals surface area contributed by atoms with E-state index in [0.717, 1.165) is 49.7 Å². The molecule has 6 rings (SSSR count). The van der Waals surface area contributed by atoms with Gasteiger partial charge in [0.25, 0.3) is 0 Å². The van der Waals surface area contributed by atoms with Gasteiger partial charge in [0.15, 0.2) is 6.19 Å². The fourth-order valence-electron chi connectivity index (χ4n) is 7.63. The van der Waals surface area contributed by atoms with Crippen LogP contribution in [0.4, 0.5) is 18.9 Å². The van der Waals surface area contributed by atoms with Crippen LogP contribution in [0.15, 0.2) is 29.3 Å². The molecule has 1 aromatic carbocycles. The molecule has 5 aliphatic rings. The van der Waals surface area contributed by atoms with Crippen LogP contribution in [-0.4, -0.2) is 48.5 Å². The molecule has 36 heavy (non-hydrogen) atoms. The highest BCUT2D eigenvalue weighted by Crippen LogP contribution is 2.54. The largest absolute Gasteiger partial charge is 0.416 e. The minimum atomic E-state index is -4.33. The third-order valence-corrected chi connectivity index (χ3v) is 9.25. The topological polar surface area (TPSA) is 54.7 Å². The molecule has 4 saturated carbocycles. The van der Waals surface area contributed by atoms with Gasteiger partial charge in [-0.05, 0) is 101 Å². The summed E-state index contributed by atoms with van der Waals surface area (Å²) in [6.07, 6.45) is 6.04. The van der Waals surface area contributed by atoms with Gasteiger partial charge in [-0.3, -0.25) is 15.2 Å². The van der Waals surface area contributed by atoms with Crippen LogP contribution in [0.1, 0.15) is 64.4 Å². The van der Waals surface area contributed by atoms with E-state index >= 15 is 0 Å². The zero-order valence-corrected chi connectivity index (χ0v) is 21.4. The highest BCUT2D eigenvalue weighted by molar-refractivity contribution is 5.92. The maximum Gasteiger partial charge on any atom is 0.416 e. The molecule has 4 bridgehead atoms.